The highest BCUT2D eigenvalue weighted by atomic mass is 35.5. The zero-order valence-corrected chi connectivity index (χ0v) is 9.54. The molecular formula is C11H14ClNO2. The van der Waals surface area contributed by atoms with Crippen molar-refractivity contribution in [3.8, 4) is 0 Å². The van der Waals surface area contributed by atoms with Crippen LogP contribution in [0.4, 0.5) is 0 Å². The molecule has 3 nitrogen and oxygen atoms in total. The minimum absolute atomic E-state index is 0.314. The van der Waals surface area contributed by atoms with E-state index < -0.39 is 0 Å². The van der Waals surface area contributed by atoms with Gasteiger partial charge in [-0.2, -0.15) is 0 Å². The monoisotopic (exact) mass is 227 g/mol. The molecule has 0 radical (unpaired) electrons. The molecule has 0 amide bonds. The molecule has 0 aliphatic heterocycles. The highest BCUT2D eigenvalue weighted by molar-refractivity contribution is 6.13. The lowest BCUT2D eigenvalue weighted by molar-refractivity contribution is 0.0600. The summed E-state index contributed by atoms with van der Waals surface area (Å²) in [6.45, 7) is 2.75. The number of benzene rings is 1. The number of carbonyl (C=O) groups is 1. The largest absolute Gasteiger partial charge is 0.465 e. The van der Waals surface area contributed by atoms with Gasteiger partial charge in [0.05, 0.1) is 12.7 Å². The lowest BCUT2D eigenvalue weighted by Crippen LogP contribution is -2.10. The van der Waals surface area contributed by atoms with Crippen LogP contribution in [0.2, 0.25) is 0 Å². The van der Waals surface area contributed by atoms with Gasteiger partial charge in [0.2, 0.25) is 0 Å². The highest BCUT2D eigenvalue weighted by Crippen LogP contribution is 2.15. The molecule has 0 aromatic heterocycles. The number of hydrogen-bond acceptors (Lipinski definition) is 3. The minimum atomic E-state index is -0.315. The molecule has 1 rings (SSSR count). The van der Waals surface area contributed by atoms with Crippen LogP contribution < -0.4 is 4.84 Å². The predicted molar refractivity (Wildman–Crippen MR) is 60.1 cm³/mol. The molecule has 1 unspecified atom stereocenters. The van der Waals surface area contributed by atoms with Crippen molar-refractivity contribution in [2.45, 2.75) is 12.8 Å². The van der Waals surface area contributed by atoms with Crippen LogP contribution in [-0.4, -0.2) is 19.6 Å². The van der Waals surface area contributed by atoms with E-state index >= 15 is 0 Å². The van der Waals surface area contributed by atoms with E-state index in [0.29, 0.717) is 18.0 Å². The number of hydrogen-bond donors (Lipinski definition) is 1. The first kappa shape index (κ1) is 12.0. The summed E-state index contributed by atoms with van der Waals surface area (Å²) in [5, 5.41) is 0. The van der Waals surface area contributed by atoms with Crippen molar-refractivity contribution in [2.75, 3.05) is 13.7 Å². The summed E-state index contributed by atoms with van der Waals surface area (Å²) in [5.74, 6) is -0.00105. The van der Waals surface area contributed by atoms with E-state index in [2.05, 4.69) is 16.5 Å². The summed E-state index contributed by atoms with van der Waals surface area (Å²) in [5.41, 5.74) is 1.70. The maximum Gasteiger partial charge on any atom is 0.337 e. The molecule has 4 heteroatoms. The Morgan fingerprint density at radius 2 is 2.07 bits per heavy atom. The number of carbonyl (C=O) groups excluding carboxylic acids is 1. The smallest absolute Gasteiger partial charge is 0.337 e. The topological polar surface area (TPSA) is 38.3 Å². The number of ether oxygens (including phenoxy) is 1. The molecule has 0 aliphatic carbocycles. The van der Waals surface area contributed by atoms with Crippen LogP contribution >= 0.6 is 11.8 Å². The first-order valence-corrected chi connectivity index (χ1v) is 5.08. The van der Waals surface area contributed by atoms with Gasteiger partial charge in [-0.15, -0.1) is 0 Å². The molecule has 0 saturated carbocycles. The van der Waals surface area contributed by atoms with Crippen LogP contribution in [-0.2, 0) is 4.74 Å². The molecule has 1 aromatic carbocycles. The Bertz CT molecular complexity index is 324. The molecule has 0 saturated heterocycles. The Kier molecular flexibility index (Phi) is 4.59. The van der Waals surface area contributed by atoms with Gasteiger partial charge in [0.25, 0.3) is 0 Å². The third kappa shape index (κ3) is 3.22. The van der Waals surface area contributed by atoms with Gasteiger partial charge < -0.3 is 4.74 Å². The van der Waals surface area contributed by atoms with Gasteiger partial charge in [-0.25, -0.2) is 9.63 Å². The molecule has 15 heavy (non-hydrogen) atoms. The molecule has 0 spiro atoms. The van der Waals surface area contributed by atoms with Crippen molar-refractivity contribution in [2.24, 2.45) is 0 Å². The van der Waals surface area contributed by atoms with Gasteiger partial charge in [0, 0.05) is 6.54 Å². The predicted octanol–water partition coefficient (Wildman–Crippen LogP) is 2.32. The second-order valence-corrected chi connectivity index (χ2v) is 3.62. The summed E-state index contributed by atoms with van der Waals surface area (Å²) in [6.07, 6.45) is 0. The molecule has 0 fully saturated rings. The van der Waals surface area contributed by atoms with Gasteiger partial charge >= 0.3 is 5.97 Å². The standard InChI is InChI=1S/C11H14ClNO2/c1-8(7-13-12)9-3-5-10(6-4-9)11(14)15-2/h3-6,8,13H,7H2,1-2H3. The second kappa shape index (κ2) is 5.73. The van der Waals surface area contributed by atoms with E-state index in [4.69, 9.17) is 11.8 Å². The van der Waals surface area contributed by atoms with E-state index in [1.807, 2.05) is 12.1 Å². The van der Waals surface area contributed by atoms with Crippen molar-refractivity contribution < 1.29 is 9.53 Å². The Morgan fingerprint density at radius 1 is 1.47 bits per heavy atom. The van der Waals surface area contributed by atoms with Crippen molar-refractivity contribution >= 4 is 17.7 Å². The average molecular weight is 228 g/mol. The number of esters is 1. The Labute approximate surface area is 94.5 Å². The van der Waals surface area contributed by atoms with E-state index in [-0.39, 0.29) is 5.97 Å². The average Bonchev–Trinajstić information content (AvgIpc) is 2.28. The first-order valence-electron chi connectivity index (χ1n) is 4.70. The molecule has 82 valence electrons. The Morgan fingerprint density at radius 3 is 2.53 bits per heavy atom. The zero-order chi connectivity index (χ0) is 11.3. The molecule has 1 atom stereocenters. The number of rotatable bonds is 4. The van der Waals surface area contributed by atoms with Gasteiger partial charge in [-0.1, -0.05) is 19.1 Å². The van der Waals surface area contributed by atoms with Gasteiger partial charge in [0.15, 0.2) is 0 Å². The van der Waals surface area contributed by atoms with E-state index in [0.717, 1.165) is 5.56 Å². The lowest BCUT2D eigenvalue weighted by atomic mass is 10.0. The third-order valence-corrected chi connectivity index (χ3v) is 2.44. The maximum absolute atomic E-state index is 11.2. The summed E-state index contributed by atoms with van der Waals surface area (Å²) >= 11 is 5.43. The number of nitrogens with one attached hydrogen (secondary N) is 1. The van der Waals surface area contributed by atoms with Gasteiger partial charge in [-0.05, 0) is 35.4 Å². The van der Waals surface area contributed by atoms with Crippen LogP contribution in [0.1, 0.15) is 28.8 Å². The van der Waals surface area contributed by atoms with Crippen LogP contribution in [0, 0.1) is 0 Å². The normalized spacial score (nSPS) is 12.2. The van der Waals surface area contributed by atoms with Gasteiger partial charge in [0.1, 0.15) is 0 Å². The zero-order valence-electron chi connectivity index (χ0n) is 8.79. The fourth-order valence-electron chi connectivity index (χ4n) is 1.30. The second-order valence-electron chi connectivity index (χ2n) is 3.35. The van der Waals surface area contributed by atoms with E-state index in [1.54, 1.807) is 12.1 Å². The van der Waals surface area contributed by atoms with Crippen LogP contribution in [0.3, 0.4) is 0 Å². The molecule has 0 heterocycles. The quantitative estimate of drug-likeness (QED) is 0.634. The number of halogens is 1. The van der Waals surface area contributed by atoms with Crippen LogP contribution in [0.5, 0.6) is 0 Å². The molecular weight excluding hydrogens is 214 g/mol. The maximum atomic E-state index is 11.2. The van der Waals surface area contributed by atoms with Crippen molar-refractivity contribution in [3.63, 3.8) is 0 Å². The van der Waals surface area contributed by atoms with E-state index in [1.165, 1.54) is 7.11 Å². The molecule has 0 bridgehead atoms. The molecule has 1 aromatic rings. The third-order valence-electron chi connectivity index (χ3n) is 2.28. The van der Waals surface area contributed by atoms with Crippen molar-refractivity contribution in [3.05, 3.63) is 35.4 Å². The number of methoxy groups -OCH3 is 1. The Balaban J connectivity index is 2.76. The minimum Gasteiger partial charge on any atom is -0.465 e. The molecule has 1 N–H and O–H groups in total. The first-order chi connectivity index (χ1) is 7.19. The van der Waals surface area contributed by atoms with Crippen molar-refractivity contribution in [1.29, 1.82) is 0 Å². The molecule has 0 aliphatic rings. The van der Waals surface area contributed by atoms with Crippen LogP contribution in [0.25, 0.3) is 0 Å². The summed E-state index contributed by atoms with van der Waals surface area (Å²) in [7, 11) is 1.37. The van der Waals surface area contributed by atoms with Crippen molar-refractivity contribution in [1.82, 2.24) is 4.84 Å². The summed E-state index contributed by atoms with van der Waals surface area (Å²) < 4.78 is 4.61. The lowest BCUT2D eigenvalue weighted by Gasteiger charge is -2.10. The fraction of sp³-hybridized carbons (Fsp3) is 0.364. The summed E-state index contributed by atoms with van der Waals surface area (Å²) in [6, 6.07) is 7.33. The summed E-state index contributed by atoms with van der Waals surface area (Å²) in [4.78, 5) is 13.8. The van der Waals surface area contributed by atoms with Gasteiger partial charge in [-0.3, -0.25) is 0 Å². The highest BCUT2D eigenvalue weighted by Gasteiger charge is 2.07. The van der Waals surface area contributed by atoms with Crippen LogP contribution in [0.15, 0.2) is 24.3 Å². The van der Waals surface area contributed by atoms with E-state index in [9.17, 15) is 4.79 Å². The SMILES string of the molecule is COC(=O)c1ccc(C(C)CNCl)cc1. The fourth-order valence-corrected chi connectivity index (χ4v) is 1.53. The Hall–Kier alpha value is -1.06.